The molecule has 0 aromatic heterocycles. The number of hydrogen-bond acceptors (Lipinski definition) is 3. The Kier molecular flexibility index (Phi) is 6.07. The quantitative estimate of drug-likeness (QED) is 0.660. The molecule has 142 valence electrons. The Morgan fingerprint density at radius 2 is 1.46 bits per heavy atom. The molecule has 3 aromatic rings. The summed E-state index contributed by atoms with van der Waals surface area (Å²) < 4.78 is 5.61. The number of aryl methyl sites for hydroxylation is 1. The van der Waals surface area contributed by atoms with E-state index in [0.29, 0.717) is 22.7 Å². The lowest BCUT2D eigenvalue weighted by Gasteiger charge is -2.15. The average Bonchev–Trinajstić information content (AvgIpc) is 2.70. The number of anilines is 2. The fourth-order valence-electron chi connectivity index (χ4n) is 2.63. The molecule has 5 heteroatoms. The summed E-state index contributed by atoms with van der Waals surface area (Å²) >= 11 is 0. The van der Waals surface area contributed by atoms with E-state index in [1.807, 2.05) is 43.3 Å². The van der Waals surface area contributed by atoms with Crippen molar-refractivity contribution >= 4 is 23.2 Å². The molecule has 3 rings (SSSR count). The topological polar surface area (TPSA) is 67.4 Å². The lowest BCUT2D eigenvalue weighted by molar-refractivity contribution is -0.122. The summed E-state index contributed by atoms with van der Waals surface area (Å²) in [6.07, 6.45) is -0.636. The van der Waals surface area contributed by atoms with E-state index in [0.717, 1.165) is 5.56 Å². The number of carbonyl (C=O) groups is 2. The molecule has 0 saturated heterocycles. The summed E-state index contributed by atoms with van der Waals surface area (Å²) in [7, 11) is 0. The van der Waals surface area contributed by atoms with Crippen LogP contribution in [0.15, 0.2) is 78.9 Å². The first-order valence-corrected chi connectivity index (χ1v) is 9.02. The van der Waals surface area contributed by atoms with Gasteiger partial charge in [0, 0.05) is 16.9 Å². The average molecular weight is 374 g/mol. The van der Waals surface area contributed by atoms with E-state index in [-0.39, 0.29) is 11.8 Å². The number of nitrogens with one attached hydrogen (secondary N) is 2. The molecule has 0 spiro atoms. The van der Waals surface area contributed by atoms with E-state index >= 15 is 0 Å². The number of ether oxygens (including phenoxy) is 1. The summed E-state index contributed by atoms with van der Waals surface area (Å²) in [4.78, 5) is 24.6. The van der Waals surface area contributed by atoms with Gasteiger partial charge in [-0.3, -0.25) is 9.59 Å². The third-order valence-electron chi connectivity index (χ3n) is 4.12. The van der Waals surface area contributed by atoms with Crippen LogP contribution in [-0.2, 0) is 4.79 Å². The molecule has 1 unspecified atom stereocenters. The largest absolute Gasteiger partial charge is 0.481 e. The molecule has 0 aliphatic heterocycles. The standard InChI is InChI=1S/C23H22N2O3/c1-16-7-6-8-18(15-16)23(27)25-20-13-11-19(12-14-20)24-22(26)17(2)28-21-9-4-3-5-10-21/h3-15,17H,1-2H3,(H,24,26)(H,25,27). The first-order valence-electron chi connectivity index (χ1n) is 9.02. The summed E-state index contributed by atoms with van der Waals surface area (Å²) in [6, 6.07) is 23.5. The fourth-order valence-corrected chi connectivity index (χ4v) is 2.63. The second-order valence-electron chi connectivity index (χ2n) is 6.46. The van der Waals surface area contributed by atoms with Gasteiger partial charge in [0.2, 0.25) is 0 Å². The van der Waals surface area contributed by atoms with Crippen LogP contribution >= 0.6 is 0 Å². The van der Waals surface area contributed by atoms with Crippen molar-refractivity contribution < 1.29 is 14.3 Å². The van der Waals surface area contributed by atoms with Crippen LogP contribution in [0.25, 0.3) is 0 Å². The van der Waals surface area contributed by atoms with Crippen LogP contribution in [-0.4, -0.2) is 17.9 Å². The summed E-state index contributed by atoms with van der Waals surface area (Å²) in [5.74, 6) is 0.213. The Morgan fingerprint density at radius 3 is 2.11 bits per heavy atom. The highest BCUT2D eigenvalue weighted by Crippen LogP contribution is 2.16. The first kappa shape index (κ1) is 19.2. The summed E-state index contributed by atoms with van der Waals surface area (Å²) in [5.41, 5.74) is 2.90. The van der Waals surface area contributed by atoms with Crippen molar-refractivity contribution in [3.8, 4) is 5.75 Å². The van der Waals surface area contributed by atoms with Gasteiger partial charge >= 0.3 is 0 Å². The zero-order valence-corrected chi connectivity index (χ0v) is 15.8. The Balaban J connectivity index is 1.56. The van der Waals surface area contributed by atoms with Crippen molar-refractivity contribution in [2.24, 2.45) is 0 Å². The molecule has 0 bridgehead atoms. The molecule has 2 amide bonds. The van der Waals surface area contributed by atoms with Crippen LogP contribution in [0.1, 0.15) is 22.8 Å². The second kappa shape index (κ2) is 8.86. The van der Waals surface area contributed by atoms with E-state index in [9.17, 15) is 9.59 Å². The number of benzene rings is 3. The zero-order valence-electron chi connectivity index (χ0n) is 15.8. The molecular weight excluding hydrogens is 352 g/mol. The third kappa shape index (κ3) is 5.20. The summed E-state index contributed by atoms with van der Waals surface area (Å²) in [6.45, 7) is 3.63. The van der Waals surface area contributed by atoms with Gasteiger partial charge in [0.1, 0.15) is 5.75 Å². The molecule has 0 heterocycles. The molecule has 2 N–H and O–H groups in total. The van der Waals surface area contributed by atoms with Crippen molar-refractivity contribution in [2.45, 2.75) is 20.0 Å². The fraction of sp³-hybridized carbons (Fsp3) is 0.130. The second-order valence-corrected chi connectivity index (χ2v) is 6.46. The van der Waals surface area contributed by atoms with Crippen LogP contribution in [0.2, 0.25) is 0 Å². The van der Waals surface area contributed by atoms with Crippen LogP contribution in [0.4, 0.5) is 11.4 Å². The SMILES string of the molecule is Cc1cccc(C(=O)Nc2ccc(NC(=O)C(C)Oc3ccccc3)cc2)c1. The molecule has 0 aliphatic rings. The minimum absolute atomic E-state index is 0.176. The van der Waals surface area contributed by atoms with E-state index in [4.69, 9.17) is 4.74 Å². The van der Waals surface area contributed by atoms with Crippen molar-refractivity contribution in [1.82, 2.24) is 0 Å². The highest BCUT2D eigenvalue weighted by molar-refractivity contribution is 6.04. The van der Waals surface area contributed by atoms with Gasteiger partial charge in [0.05, 0.1) is 0 Å². The number of carbonyl (C=O) groups excluding carboxylic acids is 2. The molecule has 0 radical (unpaired) electrons. The monoisotopic (exact) mass is 374 g/mol. The van der Waals surface area contributed by atoms with E-state index in [2.05, 4.69) is 10.6 Å². The lowest BCUT2D eigenvalue weighted by atomic mass is 10.1. The van der Waals surface area contributed by atoms with Crippen molar-refractivity contribution in [1.29, 1.82) is 0 Å². The predicted molar refractivity (Wildman–Crippen MR) is 111 cm³/mol. The number of hydrogen-bond donors (Lipinski definition) is 2. The molecule has 0 saturated carbocycles. The highest BCUT2D eigenvalue weighted by Gasteiger charge is 2.15. The van der Waals surface area contributed by atoms with Gasteiger partial charge in [-0.2, -0.15) is 0 Å². The van der Waals surface area contributed by atoms with Crippen LogP contribution in [0.3, 0.4) is 0 Å². The normalized spacial score (nSPS) is 11.4. The number of rotatable bonds is 6. The Bertz CT molecular complexity index is 953. The Labute approximate surface area is 164 Å². The molecule has 5 nitrogen and oxygen atoms in total. The minimum atomic E-state index is -0.636. The third-order valence-corrected chi connectivity index (χ3v) is 4.12. The van der Waals surface area contributed by atoms with Crippen molar-refractivity contribution in [3.05, 3.63) is 90.0 Å². The number of para-hydroxylation sites is 1. The maximum absolute atomic E-state index is 12.3. The van der Waals surface area contributed by atoms with Crippen LogP contribution in [0.5, 0.6) is 5.75 Å². The predicted octanol–water partition coefficient (Wildman–Crippen LogP) is 4.65. The Hall–Kier alpha value is -3.60. The number of amides is 2. The zero-order chi connectivity index (χ0) is 19.9. The van der Waals surface area contributed by atoms with Gasteiger partial charge in [-0.25, -0.2) is 0 Å². The molecule has 0 aliphatic carbocycles. The van der Waals surface area contributed by atoms with Gasteiger partial charge in [-0.15, -0.1) is 0 Å². The van der Waals surface area contributed by atoms with Crippen molar-refractivity contribution in [2.75, 3.05) is 10.6 Å². The smallest absolute Gasteiger partial charge is 0.265 e. The van der Waals surface area contributed by atoms with Gasteiger partial charge < -0.3 is 15.4 Å². The minimum Gasteiger partial charge on any atom is -0.481 e. The van der Waals surface area contributed by atoms with E-state index in [1.165, 1.54) is 0 Å². The van der Waals surface area contributed by atoms with Gasteiger partial charge in [0.25, 0.3) is 11.8 Å². The van der Waals surface area contributed by atoms with Gasteiger partial charge in [0.15, 0.2) is 6.10 Å². The maximum atomic E-state index is 12.3. The molecule has 1 atom stereocenters. The van der Waals surface area contributed by atoms with Gasteiger partial charge in [-0.1, -0.05) is 35.9 Å². The van der Waals surface area contributed by atoms with Crippen LogP contribution in [0, 0.1) is 6.92 Å². The molecular formula is C23H22N2O3. The van der Waals surface area contributed by atoms with E-state index in [1.54, 1.807) is 49.4 Å². The first-order chi connectivity index (χ1) is 13.5. The van der Waals surface area contributed by atoms with E-state index < -0.39 is 6.10 Å². The molecule has 0 fully saturated rings. The van der Waals surface area contributed by atoms with Crippen molar-refractivity contribution in [3.63, 3.8) is 0 Å². The molecule has 3 aromatic carbocycles. The van der Waals surface area contributed by atoms with Gasteiger partial charge in [-0.05, 0) is 62.4 Å². The van der Waals surface area contributed by atoms with Crippen LogP contribution < -0.4 is 15.4 Å². The Morgan fingerprint density at radius 1 is 0.821 bits per heavy atom. The molecule has 28 heavy (non-hydrogen) atoms. The summed E-state index contributed by atoms with van der Waals surface area (Å²) in [5, 5.41) is 5.65. The lowest BCUT2D eigenvalue weighted by Crippen LogP contribution is -2.30. The maximum Gasteiger partial charge on any atom is 0.265 e. The highest BCUT2D eigenvalue weighted by atomic mass is 16.5.